The zero-order valence-corrected chi connectivity index (χ0v) is 12.2. The minimum Gasteiger partial charge on any atom is -0.329 e. The van der Waals surface area contributed by atoms with Crippen LogP contribution in [0.25, 0.3) is 10.9 Å². The number of nitrogens with zero attached hydrogens (tertiary/aromatic N) is 1. The second kappa shape index (κ2) is 5.81. The second-order valence-corrected chi connectivity index (χ2v) is 5.34. The average molecular weight is 298 g/mol. The van der Waals surface area contributed by atoms with Crippen LogP contribution >= 0.6 is 0 Å². The highest BCUT2D eigenvalue weighted by molar-refractivity contribution is 5.82. The lowest BCUT2D eigenvalue weighted by molar-refractivity contribution is 0.622. The molecule has 2 aromatic carbocycles. The van der Waals surface area contributed by atoms with Crippen LogP contribution in [0.3, 0.4) is 0 Å². The molecule has 0 radical (unpaired) electrons. The Morgan fingerprint density at radius 3 is 2.64 bits per heavy atom. The molecule has 0 saturated carbocycles. The van der Waals surface area contributed by atoms with Crippen LogP contribution in [0, 0.1) is 18.6 Å². The summed E-state index contributed by atoms with van der Waals surface area (Å²) in [4.78, 5) is 4.44. The monoisotopic (exact) mass is 298 g/mol. The van der Waals surface area contributed by atoms with Gasteiger partial charge < -0.3 is 5.73 Å². The molecule has 0 saturated heterocycles. The molecular weight excluding hydrogens is 282 g/mol. The molecule has 0 bridgehead atoms. The predicted molar refractivity (Wildman–Crippen MR) is 83.7 cm³/mol. The van der Waals surface area contributed by atoms with E-state index in [1.54, 1.807) is 18.2 Å². The van der Waals surface area contributed by atoms with Gasteiger partial charge >= 0.3 is 0 Å². The molecule has 1 unspecified atom stereocenters. The van der Waals surface area contributed by atoms with Crippen LogP contribution in [-0.2, 0) is 0 Å². The molecule has 0 aliphatic carbocycles. The topological polar surface area (TPSA) is 38.9 Å². The maximum atomic E-state index is 14.0. The summed E-state index contributed by atoms with van der Waals surface area (Å²) in [6, 6.07) is 13.1. The third-order valence-corrected chi connectivity index (χ3v) is 3.89. The third-order valence-electron chi connectivity index (χ3n) is 3.89. The van der Waals surface area contributed by atoms with Gasteiger partial charge in [-0.15, -0.1) is 0 Å². The lowest BCUT2D eigenvalue weighted by atomic mass is 9.94. The lowest BCUT2D eigenvalue weighted by Gasteiger charge is -2.16. The number of hydrogen-bond donors (Lipinski definition) is 1. The van der Waals surface area contributed by atoms with Crippen LogP contribution in [-0.4, -0.2) is 11.5 Å². The Morgan fingerprint density at radius 1 is 1.09 bits per heavy atom. The van der Waals surface area contributed by atoms with Gasteiger partial charge in [-0.1, -0.05) is 24.3 Å². The van der Waals surface area contributed by atoms with E-state index < -0.39 is 0 Å². The van der Waals surface area contributed by atoms with E-state index >= 15 is 0 Å². The van der Waals surface area contributed by atoms with Gasteiger partial charge in [0.15, 0.2) is 0 Å². The number of hydrogen-bond acceptors (Lipinski definition) is 2. The first kappa shape index (κ1) is 14.6. The molecule has 3 rings (SSSR count). The smallest absolute Gasteiger partial charge is 0.149 e. The summed E-state index contributed by atoms with van der Waals surface area (Å²) in [5, 5.41) is 0.777. The van der Waals surface area contributed by atoms with Gasteiger partial charge in [-0.05, 0) is 42.3 Å². The van der Waals surface area contributed by atoms with Crippen molar-refractivity contribution in [3.63, 3.8) is 0 Å². The van der Waals surface area contributed by atoms with Gasteiger partial charge in [-0.2, -0.15) is 0 Å². The molecule has 0 amide bonds. The highest BCUT2D eigenvalue weighted by atomic mass is 19.1. The molecule has 0 spiro atoms. The van der Waals surface area contributed by atoms with E-state index in [0.29, 0.717) is 11.2 Å². The van der Waals surface area contributed by atoms with Gasteiger partial charge in [0.2, 0.25) is 0 Å². The Kier molecular flexibility index (Phi) is 3.86. The van der Waals surface area contributed by atoms with E-state index in [-0.39, 0.29) is 24.1 Å². The fraction of sp³-hybridized carbons (Fsp3) is 0.167. The van der Waals surface area contributed by atoms with E-state index in [2.05, 4.69) is 4.98 Å². The van der Waals surface area contributed by atoms with E-state index in [0.717, 1.165) is 16.5 Å². The molecule has 0 aliphatic heterocycles. The average Bonchev–Trinajstić information content (AvgIpc) is 2.52. The maximum Gasteiger partial charge on any atom is 0.149 e. The molecular formula is C18H16F2N2. The number of aromatic nitrogens is 1. The van der Waals surface area contributed by atoms with Crippen molar-refractivity contribution in [2.45, 2.75) is 12.8 Å². The van der Waals surface area contributed by atoms with Crippen LogP contribution in [0.1, 0.15) is 22.7 Å². The largest absolute Gasteiger partial charge is 0.329 e. The summed E-state index contributed by atoms with van der Waals surface area (Å²) in [7, 11) is 0. The van der Waals surface area contributed by atoms with Gasteiger partial charge in [0, 0.05) is 23.5 Å². The summed E-state index contributed by atoms with van der Waals surface area (Å²) >= 11 is 0. The van der Waals surface area contributed by atoms with Crippen molar-refractivity contribution in [3.8, 4) is 0 Å². The van der Waals surface area contributed by atoms with Gasteiger partial charge in [-0.25, -0.2) is 13.8 Å². The van der Waals surface area contributed by atoms with Crippen molar-refractivity contribution in [2.75, 3.05) is 6.54 Å². The minimum absolute atomic E-state index is 0.264. The molecule has 2 nitrogen and oxygen atoms in total. The first-order valence-corrected chi connectivity index (χ1v) is 7.11. The molecule has 0 fully saturated rings. The van der Waals surface area contributed by atoms with Gasteiger partial charge in [0.05, 0.1) is 0 Å². The number of benzene rings is 2. The van der Waals surface area contributed by atoms with Crippen LogP contribution in [0.2, 0.25) is 0 Å². The van der Waals surface area contributed by atoms with E-state index in [1.807, 2.05) is 19.1 Å². The molecule has 112 valence electrons. The summed E-state index contributed by atoms with van der Waals surface area (Å²) < 4.78 is 27.5. The highest BCUT2D eigenvalue weighted by Crippen LogP contribution is 2.27. The predicted octanol–water partition coefficient (Wildman–Crippen LogP) is 3.91. The molecule has 1 heterocycles. The first-order valence-electron chi connectivity index (χ1n) is 7.11. The molecule has 0 aliphatic rings. The Labute approximate surface area is 127 Å². The molecule has 1 aromatic heterocycles. The SMILES string of the molecule is Cc1ccc(F)c2nc(C(CN)c3cccc(F)c3)ccc12. The van der Waals surface area contributed by atoms with Gasteiger partial charge in [-0.3, -0.25) is 0 Å². The van der Waals surface area contributed by atoms with Crippen molar-refractivity contribution in [2.24, 2.45) is 5.73 Å². The van der Waals surface area contributed by atoms with Crippen molar-refractivity contribution >= 4 is 10.9 Å². The third kappa shape index (κ3) is 2.57. The molecule has 4 heteroatoms. The van der Waals surface area contributed by atoms with Gasteiger partial charge in [0.25, 0.3) is 0 Å². The van der Waals surface area contributed by atoms with Crippen molar-refractivity contribution in [1.29, 1.82) is 0 Å². The van der Waals surface area contributed by atoms with Crippen LogP contribution < -0.4 is 5.73 Å². The number of rotatable bonds is 3. The van der Waals surface area contributed by atoms with E-state index in [4.69, 9.17) is 5.73 Å². The number of fused-ring (bicyclic) bond motifs is 1. The standard InChI is InChI=1S/C18H16F2N2/c1-11-5-7-16(20)18-14(11)6-8-17(22-18)15(10-21)12-3-2-4-13(19)9-12/h2-9,15H,10,21H2,1H3. The van der Waals surface area contributed by atoms with Crippen LogP contribution in [0.5, 0.6) is 0 Å². The quantitative estimate of drug-likeness (QED) is 0.796. The summed E-state index contributed by atoms with van der Waals surface area (Å²) in [5.74, 6) is -0.948. The maximum absolute atomic E-state index is 14.0. The fourth-order valence-electron chi connectivity index (χ4n) is 2.69. The highest BCUT2D eigenvalue weighted by Gasteiger charge is 2.16. The van der Waals surface area contributed by atoms with Crippen molar-refractivity contribution < 1.29 is 8.78 Å². The minimum atomic E-state index is -0.363. The zero-order valence-electron chi connectivity index (χ0n) is 12.2. The number of halogens is 2. The summed E-state index contributed by atoms with van der Waals surface area (Å²) in [5.41, 5.74) is 8.51. The van der Waals surface area contributed by atoms with E-state index in [1.165, 1.54) is 18.2 Å². The Balaban J connectivity index is 2.14. The van der Waals surface area contributed by atoms with Gasteiger partial charge in [0.1, 0.15) is 17.2 Å². The Bertz CT molecular complexity index is 830. The number of aryl methyl sites for hydroxylation is 1. The van der Waals surface area contributed by atoms with Crippen molar-refractivity contribution in [3.05, 3.63) is 77.0 Å². The van der Waals surface area contributed by atoms with Crippen LogP contribution in [0.15, 0.2) is 48.5 Å². The number of nitrogens with two attached hydrogens (primary N) is 1. The summed E-state index contributed by atoms with van der Waals surface area (Å²) in [6.07, 6.45) is 0. The number of pyridine rings is 1. The summed E-state index contributed by atoms with van der Waals surface area (Å²) in [6.45, 7) is 2.19. The van der Waals surface area contributed by atoms with Crippen LogP contribution in [0.4, 0.5) is 8.78 Å². The molecule has 2 N–H and O–H groups in total. The Morgan fingerprint density at radius 2 is 1.91 bits per heavy atom. The molecule has 3 aromatic rings. The Hall–Kier alpha value is -2.33. The second-order valence-electron chi connectivity index (χ2n) is 5.34. The first-order chi connectivity index (χ1) is 10.6. The fourth-order valence-corrected chi connectivity index (χ4v) is 2.69. The lowest BCUT2D eigenvalue weighted by Crippen LogP contribution is -2.15. The molecule has 1 atom stereocenters. The van der Waals surface area contributed by atoms with E-state index in [9.17, 15) is 8.78 Å². The van der Waals surface area contributed by atoms with Crippen molar-refractivity contribution in [1.82, 2.24) is 4.98 Å². The molecule has 22 heavy (non-hydrogen) atoms. The zero-order chi connectivity index (χ0) is 15.7. The normalized spacial score (nSPS) is 12.5.